The van der Waals surface area contributed by atoms with Crippen LogP contribution in [0.2, 0.25) is 0 Å². The molecule has 0 saturated heterocycles. The Morgan fingerprint density at radius 2 is 2.33 bits per heavy atom. The van der Waals surface area contributed by atoms with E-state index in [9.17, 15) is 0 Å². The highest BCUT2D eigenvalue weighted by Gasteiger charge is 2.03. The Morgan fingerprint density at radius 1 is 1.50 bits per heavy atom. The minimum absolute atomic E-state index is 0.350. The molecule has 0 bridgehead atoms. The molecule has 2 aromatic rings. The topological polar surface area (TPSA) is 54.0 Å². The van der Waals surface area contributed by atoms with E-state index >= 15 is 0 Å². The summed E-state index contributed by atoms with van der Waals surface area (Å²) < 4.78 is 2.56. The predicted molar refractivity (Wildman–Crippen MR) is 45.4 cm³/mol. The molecule has 0 aliphatic heterocycles. The minimum atomic E-state index is 0.350. The van der Waals surface area contributed by atoms with Gasteiger partial charge in [-0.1, -0.05) is 0 Å². The van der Waals surface area contributed by atoms with Gasteiger partial charge in [0, 0.05) is 12.4 Å². The molecule has 12 heavy (non-hydrogen) atoms. The van der Waals surface area contributed by atoms with Crippen molar-refractivity contribution in [2.24, 2.45) is 0 Å². The van der Waals surface area contributed by atoms with Crippen LogP contribution in [0.3, 0.4) is 0 Å². The van der Waals surface area contributed by atoms with Gasteiger partial charge in [0.05, 0.1) is 4.47 Å². The summed E-state index contributed by atoms with van der Waals surface area (Å²) in [7, 11) is 0. The summed E-state index contributed by atoms with van der Waals surface area (Å²) in [5.74, 6) is 0. The fraction of sp³-hybridized carbons (Fsp3) is 0. The summed E-state index contributed by atoms with van der Waals surface area (Å²) in [6.07, 6.45) is 5.00. The van der Waals surface area contributed by atoms with Crippen molar-refractivity contribution in [3.8, 4) is 6.07 Å². The number of rotatable bonds is 0. The standard InChI is InChI=1S/C7H3BrN4/c8-5-2-10-7-6(1-9)11-4-12(7)3-5/h2-4H. The number of hydrogen-bond donors (Lipinski definition) is 0. The first-order chi connectivity index (χ1) is 5.81. The van der Waals surface area contributed by atoms with Crippen molar-refractivity contribution >= 4 is 21.6 Å². The summed E-state index contributed by atoms with van der Waals surface area (Å²) in [5, 5.41) is 8.62. The van der Waals surface area contributed by atoms with E-state index in [2.05, 4.69) is 25.9 Å². The van der Waals surface area contributed by atoms with Crippen LogP contribution in [-0.2, 0) is 0 Å². The van der Waals surface area contributed by atoms with Crippen molar-refractivity contribution in [3.63, 3.8) is 0 Å². The molecule has 0 N–H and O–H groups in total. The van der Waals surface area contributed by atoms with Gasteiger partial charge in [0.15, 0.2) is 11.3 Å². The van der Waals surface area contributed by atoms with E-state index in [1.54, 1.807) is 23.1 Å². The summed E-state index contributed by atoms with van der Waals surface area (Å²) in [6, 6.07) is 1.96. The van der Waals surface area contributed by atoms with Gasteiger partial charge < -0.3 is 0 Å². The highest BCUT2D eigenvalue weighted by Crippen LogP contribution is 2.10. The summed E-state index contributed by atoms with van der Waals surface area (Å²) in [5.41, 5.74) is 0.934. The molecule has 0 fully saturated rings. The molecule has 4 nitrogen and oxygen atoms in total. The zero-order valence-corrected chi connectivity index (χ0v) is 7.48. The summed E-state index contributed by atoms with van der Waals surface area (Å²) >= 11 is 3.27. The lowest BCUT2D eigenvalue weighted by molar-refractivity contribution is 1.10. The van der Waals surface area contributed by atoms with E-state index in [1.165, 1.54) is 0 Å². The Labute approximate surface area is 76.6 Å². The smallest absolute Gasteiger partial charge is 0.185 e. The molecule has 2 aromatic heterocycles. The molecule has 0 spiro atoms. The zero-order chi connectivity index (χ0) is 8.55. The van der Waals surface area contributed by atoms with Gasteiger partial charge in [-0.25, -0.2) is 9.97 Å². The third-order valence-corrected chi connectivity index (χ3v) is 1.86. The number of halogens is 1. The van der Waals surface area contributed by atoms with Crippen molar-refractivity contribution < 1.29 is 0 Å². The van der Waals surface area contributed by atoms with Gasteiger partial charge in [-0.3, -0.25) is 4.40 Å². The van der Waals surface area contributed by atoms with Crippen LogP contribution in [-0.4, -0.2) is 14.4 Å². The molecule has 0 radical (unpaired) electrons. The Bertz CT molecular complexity index is 468. The maximum absolute atomic E-state index is 8.62. The molecule has 0 atom stereocenters. The molecular weight excluding hydrogens is 220 g/mol. The van der Waals surface area contributed by atoms with Gasteiger partial charge in [-0.05, 0) is 15.9 Å². The predicted octanol–water partition coefficient (Wildman–Crippen LogP) is 1.36. The monoisotopic (exact) mass is 222 g/mol. The van der Waals surface area contributed by atoms with Crippen molar-refractivity contribution in [2.75, 3.05) is 0 Å². The van der Waals surface area contributed by atoms with E-state index in [1.807, 2.05) is 6.07 Å². The highest BCUT2D eigenvalue weighted by molar-refractivity contribution is 9.10. The normalized spacial score (nSPS) is 10.0. The van der Waals surface area contributed by atoms with E-state index in [0.29, 0.717) is 11.3 Å². The van der Waals surface area contributed by atoms with Crippen LogP contribution < -0.4 is 0 Å². The van der Waals surface area contributed by atoms with Gasteiger partial charge in [-0.2, -0.15) is 5.26 Å². The first-order valence-electron chi connectivity index (χ1n) is 3.19. The van der Waals surface area contributed by atoms with Crippen molar-refractivity contribution in [2.45, 2.75) is 0 Å². The fourth-order valence-electron chi connectivity index (χ4n) is 0.945. The van der Waals surface area contributed by atoms with E-state index in [-0.39, 0.29) is 0 Å². The average Bonchev–Trinajstić information content (AvgIpc) is 2.46. The lowest BCUT2D eigenvalue weighted by atomic mass is 10.5. The molecule has 2 heterocycles. The molecule has 2 rings (SSSR count). The number of imidazole rings is 1. The minimum Gasteiger partial charge on any atom is -0.288 e. The first kappa shape index (κ1) is 7.25. The number of hydrogen-bond acceptors (Lipinski definition) is 3. The Kier molecular flexibility index (Phi) is 1.55. The van der Waals surface area contributed by atoms with Gasteiger partial charge in [0.25, 0.3) is 0 Å². The number of nitrogens with zero attached hydrogens (tertiary/aromatic N) is 4. The van der Waals surface area contributed by atoms with Crippen molar-refractivity contribution in [1.82, 2.24) is 14.4 Å². The molecule has 0 amide bonds. The number of fused-ring (bicyclic) bond motifs is 1. The molecule has 0 aliphatic carbocycles. The molecule has 5 heteroatoms. The largest absolute Gasteiger partial charge is 0.288 e. The molecule has 0 saturated carbocycles. The quantitative estimate of drug-likeness (QED) is 0.677. The van der Waals surface area contributed by atoms with Crippen molar-refractivity contribution in [3.05, 3.63) is 28.9 Å². The molecule has 0 aliphatic rings. The second-order valence-corrected chi connectivity index (χ2v) is 3.12. The van der Waals surface area contributed by atoms with Crippen LogP contribution in [0.1, 0.15) is 5.69 Å². The van der Waals surface area contributed by atoms with E-state index in [4.69, 9.17) is 5.26 Å². The van der Waals surface area contributed by atoms with Crippen LogP contribution in [0.5, 0.6) is 0 Å². The molecule has 0 unspecified atom stereocenters. The third kappa shape index (κ3) is 0.970. The van der Waals surface area contributed by atoms with Gasteiger partial charge in [0.1, 0.15) is 12.4 Å². The highest BCUT2D eigenvalue weighted by atomic mass is 79.9. The summed E-state index contributed by atoms with van der Waals surface area (Å²) in [6.45, 7) is 0. The molecule has 58 valence electrons. The lowest BCUT2D eigenvalue weighted by Gasteiger charge is -1.91. The van der Waals surface area contributed by atoms with E-state index < -0.39 is 0 Å². The third-order valence-electron chi connectivity index (χ3n) is 1.45. The van der Waals surface area contributed by atoms with Gasteiger partial charge >= 0.3 is 0 Å². The number of aromatic nitrogens is 3. The maximum Gasteiger partial charge on any atom is 0.185 e. The van der Waals surface area contributed by atoms with Crippen LogP contribution in [0.4, 0.5) is 0 Å². The molecular formula is C7H3BrN4. The second kappa shape index (κ2) is 2.57. The van der Waals surface area contributed by atoms with Gasteiger partial charge in [-0.15, -0.1) is 0 Å². The Morgan fingerprint density at radius 3 is 3.08 bits per heavy atom. The average molecular weight is 223 g/mol. The lowest BCUT2D eigenvalue weighted by Crippen LogP contribution is -1.86. The fourth-order valence-corrected chi connectivity index (χ4v) is 1.27. The maximum atomic E-state index is 8.62. The first-order valence-corrected chi connectivity index (χ1v) is 3.99. The SMILES string of the molecule is N#Cc1ncn2cc(Br)cnc12. The van der Waals surface area contributed by atoms with Crippen LogP contribution in [0.15, 0.2) is 23.2 Å². The van der Waals surface area contributed by atoms with Gasteiger partial charge in [0.2, 0.25) is 0 Å². The summed E-state index contributed by atoms with van der Waals surface area (Å²) in [4.78, 5) is 7.92. The number of nitriles is 1. The van der Waals surface area contributed by atoms with Crippen LogP contribution in [0.25, 0.3) is 5.65 Å². The second-order valence-electron chi connectivity index (χ2n) is 2.21. The Hall–Kier alpha value is -1.41. The zero-order valence-electron chi connectivity index (χ0n) is 5.90. The molecule has 0 aromatic carbocycles. The van der Waals surface area contributed by atoms with Crippen LogP contribution >= 0.6 is 15.9 Å². The Balaban J connectivity index is 2.84. The van der Waals surface area contributed by atoms with Crippen LogP contribution in [0, 0.1) is 11.3 Å². The van der Waals surface area contributed by atoms with Crippen molar-refractivity contribution in [1.29, 1.82) is 5.26 Å². The van der Waals surface area contributed by atoms with E-state index in [0.717, 1.165) is 4.47 Å².